The summed E-state index contributed by atoms with van der Waals surface area (Å²) in [7, 11) is 0. The van der Waals surface area contributed by atoms with Gasteiger partial charge in [0, 0.05) is 8.04 Å². The largest absolute Gasteiger partial charge is 0.330 e. The van der Waals surface area contributed by atoms with Crippen LogP contribution in [0, 0.1) is 9.49 Å². The molecule has 0 saturated heterocycles. The van der Waals surface area contributed by atoms with E-state index in [0.29, 0.717) is 5.92 Å². The quantitative estimate of drug-likeness (QED) is 0.699. The Morgan fingerprint density at radius 2 is 1.37 bits per heavy atom. The van der Waals surface area contributed by atoms with E-state index in [2.05, 4.69) is 87.1 Å². The van der Waals surface area contributed by atoms with Crippen molar-refractivity contribution in [3.8, 4) is 0 Å². The Morgan fingerprint density at radius 1 is 0.895 bits per heavy atom. The number of benzene rings is 2. The SMILES string of the molecule is NCC(Cc1ccc(Br)cc1)Cc1ccc(I)cc1. The molecule has 19 heavy (non-hydrogen) atoms. The monoisotopic (exact) mass is 429 g/mol. The molecule has 0 aliphatic rings. The van der Waals surface area contributed by atoms with Crippen molar-refractivity contribution in [2.75, 3.05) is 6.54 Å². The molecule has 0 fully saturated rings. The second-order valence-corrected chi connectivity index (χ2v) is 6.92. The van der Waals surface area contributed by atoms with Crippen LogP contribution in [0.5, 0.6) is 0 Å². The summed E-state index contributed by atoms with van der Waals surface area (Å²) in [5.41, 5.74) is 8.64. The maximum absolute atomic E-state index is 5.92. The molecule has 0 saturated carbocycles. The summed E-state index contributed by atoms with van der Waals surface area (Å²) in [6.07, 6.45) is 2.08. The van der Waals surface area contributed by atoms with E-state index in [9.17, 15) is 0 Å². The third-order valence-electron chi connectivity index (χ3n) is 3.21. The van der Waals surface area contributed by atoms with Crippen LogP contribution in [-0.4, -0.2) is 6.54 Å². The highest BCUT2D eigenvalue weighted by Crippen LogP contribution is 2.17. The van der Waals surface area contributed by atoms with Crippen molar-refractivity contribution in [1.29, 1.82) is 0 Å². The van der Waals surface area contributed by atoms with Crippen LogP contribution in [-0.2, 0) is 12.8 Å². The molecule has 0 amide bonds. The number of halogens is 2. The molecule has 0 bridgehead atoms. The van der Waals surface area contributed by atoms with Gasteiger partial charge in [0.15, 0.2) is 0 Å². The lowest BCUT2D eigenvalue weighted by Crippen LogP contribution is -2.19. The highest BCUT2D eigenvalue weighted by molar-refractivity contribution is 14.1. The summed E-state index contributed by atoms with van der Waals surface area (Å²) < 4.78 is 2.40. The van der Waals surface area contributed by atoms with Crippen molar-refractivity contribution >= 4 is 38.5 Å². The van der Waals surface area contributed by atoms with Gasteiger partial charge in [0.1, 0.15) is 0 Å². The maximum atomic E-state index is 5.92. The van der Waals surface area contributed by atoms with Crippen LogP contribution in [0.1, 0.15) is 11.1 Å². The van der Waals surface area contributed by atoms with E-state index in [1.807, 2.05) is 0 Å². The van der Waals surface area contributed by atoms with Gasteiger partial charge in [0.2, 0.25) is 0 Å². The molecule has 3 heteroatoms. The van der Waals surface area contributed by atoms with Gasteiger partial charge in [0.25, 0.3) is 0 Å². The molecular formula is C16H17BrIN. The Hall–Kier alpha value is -0.390. The van der Waals surface area contributed by atoms with Gasteiger partial charge in [-0.05, 0) is 83.3 Å². The molecule has 0 aliphatic heterocycles. The second kappa shape index (κ2) is 7.41. The molecule has 0 aromatic heterocycles. The zero-order valence-electron chi connectivity index (χ0n) is 10.7. The van der Waals surface area contributed by atoms with Crippen LogP contribution >= 0.6 is 38.5 Å². The lowest BCUT2D eigenvalue weighted by atomic mass is 9.93. The minimum absolute atomic E-state index is 0.501. The molecule has 0 radical (unpaired) electrons. The van der Waals surface area contributed by atoms with Crippen LogP contribution in [0.15, 0.2) is 53.0 Å². The normalized spacial score (nSPS) is 12.4. The van der Waals surface area contributed by atoms with E-state index in [4.69, 9.17) is 5.73 Å². The zero-order valence-corrected chi connectivity index (χ0v) is 14.4. The minimum atomic E-state index is 0.501. The lowest BCUT2D eigenvalue weighted by Gasteiger charge is -2.15. The first-order valence-electron chi connectivity index (χ1n) is 6.36. The summed E-state index contributed by atoms with van der Waals surface area (Å²) in [6.45, 7) is 0.724. The maximum Gasteiger partial charge on any atom is 0.0175 e. The van der Waals surface area contributed by atoms with Crippen molar-refractivity contribution in [2.45, 2.75) is 12.8 Å². The van der Waals surface area contributed by atoms with Crippen molar-refractivity contribution in [3.05, 3.63) is 67.7 Å². The van der Waals surface area contributed by atoms with Gasteiger partial charge in [0.05, 0.1) is 0 Å². The molecule has 0 aliphatic carbocycles. The summed E-state index contributed by atoms with van der Waals surface area (Å²) in [5, 5.41) is 0. The van der Waals surface area contributed by atoms with Gasteiger partial charge in [-0.1, -0.05) is 40.2 Å². The predicted octanol–water partition coefficient (Wildman–Crippen LogP) is 4.41. The Labute approximate surface area is 136 Å². The smallest absolute Gasteiger partial charge is 0.0175 e. The zero-order chi connectivity index (χ0) is 13.7. The van der Waals surface area contributed by atoms with E-state index in [1.54, 1.807) is 0 Å². The Bertz CT molecular complexity index is 460. The highest BCUT2D eigenvalue weighted by Gasteiger charge is 2.09. The van der Waals surface area contributed by atoms with Crippen molar-refractivity contribution in [1.82, 2.24) is 0 Å². The molecule has 2 aromatic carbocycles. The third kappa shape index (κ3) is 4.89. The number of rotatable bonds is 5. The molecule has 2 N–H and O–H groups in total. The summed E-state index contributed by atoms with van der Waals surface area (Å²) in [4.78, 5) is 0. The minimum Gasteiger partial charge on any atom is -0.330 e. The van der Waals surface area contributed by atoms with Crippen molar-refractivity contribution in [3.63, 3.8) is 0 Å². The van der Waals surface area contributed by atoms with E-state index in [0.717, 1.165) is 23.9 Å². The highest BCUT2D eigenvalue weighted by atomic mass is 127. The first kappa shape index (κ1) is 15.0. The Morgan fingerprint density at radius 3 is 1.84 bits per heavy atom. The third-order valence-corrected chi connectivity index (χ3v) is 4.46. The first-order chi connectivity index (χ1) is 9.17. The average molecular weight is 430 g/mol. The van der Waals surface area contributed by atoms with Crippen molar-refractivity contribution < 1.29 is 0 Å². The fourth-order valence-corrected chi connectivity index (χ4v) is 2.77. The van der Waals surface area contributed by atoms with Crippen LogP contribution in [0.4, 0.5) is 0 Å². The molecule has 1 unspecified atom stereocenters. The number of hydrogen-bond acceptors (Lipinski definition) is 1. The van der Waals surface area contributed by atoms with Gasteiger partial charge >= 0.3 is 0 Å². The standard InChI is InChI=1S/C16H17BrIN/c17-15-5-1-12(2-6-15)9-14(11-19)10-13-3-7-16(18)8-4-13/h1-8,14H,9-11,19H2. The van der Waals surface area contributed by atoms with Gasteiger partial charge in [-0.15, -0.1) is 0 Å². The number of nitrogens with two attached hydrogens (primary N) is 1. The van der Waals surface area contributed by atoms with Crippen LogP contribution < -0.4 is 5.73 Å². The second-order valence-electron chi connectivity index (χ2n) is 4.76. The molecular weight excluding hydrogens is 413 g/mol. The van der Waals surface area contributed by atoms with Gasteiger partial charge in [-0.25, -0.2) is 0 Å². The summed E-state index contributed by atoms with van der Waals surface area (Å²) in [5.74, 6) is 0.501. The topological polar surface area (TPSA) is 26.0 Å². The van der Waals surface area contributed by atoms with Crippen molar-refractivity contribution in [2.24, 2.45) is 11.7 Å². The van der Waals surface area contributed by atoms with Gasteiger partial charge in [-0.3, -0.25) is 0 Å². The lowest BCUT2D eigenvalue weighted by molar-refractivity contribution is 0.533. The molecule has 1 nitrogen and oxygen atoms in total. The van der Waals surface area contributed by atoms with E-state index in [-0.39, 0.29) is 0 Å². The average Bonchev–Trinajstić information content (AvgIpc) is 2.43. The summed E-state index contributed by atoms with van der Waals surface area (Å²) in [6, 6.07) is 17.2. The Balaban J connectivity index is 2.00. The van der Waals surface area contributed by atoms with Gasteiger partial charge in [-0.2, -0.15) is 0 Å². The van der Waals surface area contributed by atoms with Gasteiger partial charge < -0.3 is 5.73 Å². The molecule has 2 aromatic rings. The number of hydrogen-bond donors (Lipinski definition) is 1. The molecule has 0 heterocycles. The van der Waals surface area contributed by atoms with E-state index in [1.165, 1.54) is 14.7 Å². The first-order valence-corrected chi connectivity index (χ1v) is 8.23. The molecule has 2 rings (SSSR count). The van der Waals surface area contributed by atoms with Crippen LogP contribution in [0.2, 0.25) is 0 Å². The molecule has 1 atom stereocenters. The fourth-order valence-electron chi connectivity index (χ4n) is 2.15. The summed E-state index contributed by atoms with van der Waals surface area (Å²) >= 11 is 5.80. The van der Waals surface area contributed by atoms with E-state index < -0.39 is 0 Å². The fraction of sp³-hybridized carbons (Fsp3) is 0.250. The van der Waals surface area contributed by atoms with Crippen LogP contribution in [0.25, 0.3) is 0 Å². The molecule has 0 spiro atoms. The van der Waals surface area contributed by atoms with Crippen LogP contribution in [0.3, 0.4) is 0 Å². The predicted molar refractivity (Wildman–Crippen MR) is 93.3 cm³/mol. The molecule has 100 valence electrons. The Kier molecular flexibility index (Phi) is 5.85. The van der Waals surface area contributed by atoms with E-state index >= 15 is 0 Å².